The lowest BCUT2D eigenvalue weighted by Crippen LogP contribution is -2.32. The molecule has 0 atom stereocenters. The normalized spacial score (nSPS) is 17.0. The average molecular weight is 324 g/mol. The molecule has 0 unspecified atom stereocenters. The summed E-state index contributed by atoms with van der Waals surface area (Å²) in [5.41, 5.74) is 0.596. The van der Waals surface area contributed by atoms with Gasteiger partial charge in [-0.05, 0) is 44.8 Å². The number of thiazole rings is 1. The molecule has 0 saturated carbocycles. The number of aromatic nitrogens is 3. The van der Waals surface area contributed by atoms with Crippen molar-refractivity contribution in [1.29, 1.82) is 0 Å². The Morgan fingerprint density at radius 3 is 2.67 bits per heavy atom. The molecule has 5 nitrogen and oxygen atoms in total. The van der Waals surface area contributed by atoms with E-state index in [1.807, 2.05) is 13.8 Å². The van der Waals surface area contributed by atoms with E-state index in [2.05, 4.69) is 21.8 Å². The molecule has 7 heteroatoms. The number of rotatable bonds is 2. The van der Waals surface area contributed by atoms with Crippen molar-refractivity contribution in [2.24, 2.45) is 5.92 Å². The van der Waals surface area contributed by atoms with E-state index >= 15 is 0 Å². The molecule has 1 fully saturated rings. The summed E-state index contributed by atoms with van der Waals surface area (Å²) in [5.74, 6) is 0.777. The summed E-state index contributed by atoms with van der Waals surface area (Å²) in [6, 6.07) is 0.0482. The van der Waals surface area contributed by atoms with E-state index < -0.39 is 0 Å². The van der Waals surface area contributed by atoms with Crippen LogP contribution in [0.2, 0.25) is 0 Å². The predicted molar refractivity (Wildman–Crippen MR) is 90.1 cm³/mol. The minimum atomic E-state index is -0.0297. The van der Waals surface area contributed by atoms with Crippen LogP contribution in [0.3, 0.4) is 0 Å². The zero-order valence-electron chi connectivity index (χ0n) is 12.5. The summed E-state index contributed by atoms with van der Waals surface area (Å²) in [4.78, 5) is 22.5. The summed E-state index contributed by atoms with van der Waals surface area (Å²) >= 11 is 6.76. The molecule has 0 aliphatic carbocycles. The van der Waals surface area contributed by atoms with Gasteiger partial charge in [-0.25, -0.2) is 4.98 Å². The number of hydrogen-bond donors (Lipinski definition) is 1. The molecule has 2 aromatic rings. The second-order valence-electron chi connectivity index (χ2n) is 6.04. The van der Waals surface area contributed by atoms with Crippen molar-refractivity contribution in [3.05, 3.63) is 15.1 Å². The minimum absolute atomic E-state index is 0.0297. The molecule has 0 spiro atoms. The molecule has 2 aromatic heterocycles. The molecule has 0 radical (unpaired) electrons. The van der Waals surface area contributed by atoms with Crippen LogP contribution in [0.15, 0.2) is 4.79 Å². The van der Waals surface area contributed by atoms with Crippen LogP contribution in [0.5, 0.6) is 0 Å². The summed E-state index contributed by atoms with van der Waals surface area (Å²) in [6.45, 7) is 8.24. The van der Waals surface area contributed by atoms with Crippen LogP contribution in [0, 0.1) is 10.7 Å². The average Bonchev–Trinajstić information content (AvgIpc) is 2.83. The Morgan fingerprint density at radius 2 is 2.05 bits per heavy atom. The maximum absolute atomic E-state index is 12.6. The van der Waals surface area contributed by atoms with E-state index in [1.54, 1.807) is 4.57 Å². The number of H-pyrrole nitrogens is 1. The lowest BCUT2D eigenvalue weighted by molar-refractivity contribution is 0.438. The first-order chi connectivity index (χ1) is 9.97. The maximum Gasteiger partial charge on any atom is 0.274 e. The Kier molecular flexibility index (Phi) is 3.88. The highest BCUT2D eigenvalue weighted by Crippen LogP contribution is 2.29. The summed E-state index contributed by atoms with van der Waals surface area (Å²) in [5, 5.41) is 0.932. The monoisotopic (exact) mass is 324 g/mol. The first kappa shape index (κ1) is 14.7. The number of anilines is 1. The second kappa shape index (κ2) is 5.53. The summed E-state index contributed by atoms with van der Waals surface area (Å²) in [6.07, 6.45) is 2.37. The lowest BCUT2D eigenvalue weighted by Gasteiger charge is -2.29. The van der Waals surface area contributed by atoms with Gasteiger partial charge < -0.3 is 9.88 Å². The second-order valence-corrected chi connectivity index (χ2v) is 7.41. The van der Waals surface area contributed by atoms with E-state index in [-0.39, 0.29) is 11.6 Å². The van der Waals surface area contributed by atoms with E-state index in [0.29, 0.717) is 15.1 Å². The molecule has 1 N–H and O–H groups in total. The maximum atomic E-state index is 12.6. The molecule has 1 saturated heterocycles. The highest BCUT2D eigenvalue weighted by atomic mass is 32.1. The zero-order chi connectivity index (χ0) is 15.1. The summed E-state index contributed by atoms with van der Waals surface area (Å²) in [7, 11) is 0. The molecule has 0 bridgehead atoms. The van der Waals surface area contributed by atoms with Gasteiger partial charge in [0.1, 0.15) is 4.70 Å². The molecule has 114 valence electrons. The van der Waals surface area contributed by atoms with Crippen LogP contribution in [0.25, 0.3) is 10.3 Å². The fraction of sp³-hybridized carbons (Fsp3) is 0.643. The molecular formula is C14H20N4OS2. The third-order valence-electron chi connectivity index (χ3n) is 4.04. The van der Waals surface area contributed by atoms with Gasteiger partial charge in [0, 0.05) is 19.1 Å². The molecule has 3 rings (SSSR count). The molecule has 0 aromatic carbocycles. The standard InChI is InChI=1S/C14H20N4OS2/c1-8(2)18-12(19)10-11(15-13(18)20)16-14(21-10)17-6-4-9(3)5-7-17/h8-9H,4-7H2,1-3H3,(H,15,20). The van der Waals surface area contributed by atoms with Crippen molar-refractivity contribution in [1.82, 2.24) is 14.5 Å². The Bertz CT molecular complexity index is 765. The number of hydrogen-bond acceptors (Lipinski definition) is 5. The molecule has 21 heavy (non-hydrogen) atoms. The van der Waals surface area contributed by atoms with Gasteiger partial charge in [-0.1, -0.05) is 18.3 Å². The lowest BCUT2D eigenvalue weighted by atomic mass is 10.00. The van der Waals surface area contributed by atoms with Crippen molar-refractivity contribution in [2.75, 3.05) is 18.0 Å². The van der Waals surface area contributed by atoms with Crippen molar-refractivity contribution in [3.8, 4) is 0 Å². The van der Waals surface area contributed by atoms with Crippen LogP contribution in [0.4, 0.5) is 5.13 Å². The fourth-order valence-corrected chi connectivity index (χ4v) is 4.11. The van der Waals surface area contributed by atoms with Gasteiger partial charge in [-0.15, -0.1) is 0 Å². The van der Waals surface area contributed by atoms with Crippen molar-refractivity contribution in [3.63, 3.8) is 0 Å². The minimum Gasteiger partial charge on any atom is -0.348 e. The molecule has 3 heterocycles. The predicted octanol–water partition coefficient (Wildman–Crippen LogP) is 3.33. The van der Waals surface area contributed by atoms with Gasteiger partial charge in [-0.2, -0.15) is 0 Å². The van der Waals surface area contributed by atoms with Crippen molar-refractivity contribution in [2.45, 2.75) is 39.7 Å². The molecule has 1 aliphatic rings. The van der Waals surface area contributed by atoms with Gasteiger partial charge in [0.25, 0.3) is 5.56 Å². The van der Waals surface area contributed by atoms with E-state index in [4.69, 9.17) is 12.2 Å². The smallest absolute Gasteiger partial charge is 0.274 e. The Morgan fingerprint density at radius 1 is 1.38 bits per heavy atom. The van der Waals surface area contributed by atoms with Crippen LogP contribution in [-0.2, 0) is 0 Å². The first-order valence-electron chi connectivity index (χ1n) is 7.37. The molecule has 0 amide bonds. The topological polar surface area (TPSA) is 53.9 Å². The number of nitrogens with one attached hydrogen (secondary N) is 1. The molecular weight excluding hydrogens is 304 g/mol. The Labute approximate surface area is 132 Å². The SMILES string of the molecule is CC1CCN(c2nc3[nH]c(=S)n(C(C)C)c(=O)c3s2)CC1. The number of fused-ring (bicyclic) bond motifs is 1. The zero-order valence-corrected chi connectivity index (χ0v) is 14.2. The van der Waals surface area contributed by atoms with Crippen LogP contribution >= 0.6 is 23.6 Å². The number of piperidine rings is 1. The van der Waals surface area contributed by atoms with Crippen molar-refractivity contribution < 1.29 is 0 Å². The third-order valence-corrected chi connectivity index (χ3v) is 5.45. The Balaban J connectivity index is 2.07. The van der Waals surface area contributed by atoms with E-state index in [0.717, 1.165) is 24.1 Å². The third kappa shape index (κ3) is 2.64. The highest BCUT2D eigenvalue weighted by molar-refractivity contribution is 7.71. The number of nitrogens with zero attached hydrogens (tertiary/aromatic N) is 3. The largest absolute Gasteiger partial charge is 0.348 e. The van der Waals surface area contributed by atoms with Gasteiger partial charge in [0.05, 0.1) is 0 Å². The van der Waals surface area contributed by atoms with Crippen molar-refractivity contribution >= 4 is 39.0 Å². The first-order valence-corrected chi connectivity index (χ1v) is 8.60. The van der Waals surface area contributed by atoms with Crippen LogP contribution in [-0.4, -0.2) is 27.6 Å². The van der Waals surface area contributed by atoms with E-state index in [1.165, 1.54) is 24.2 Å². The van der Waals surface area contributed by atoms with E-state index in [9.17, 15) is 4.79 Å². The Hall–Kier alpha value is -1.21. The van der Waals surface area contributed by atoms with Gasteiger partial charge >= 0.3 is 0 Å². The number of aromatic amines is 1. The highest BCUT2D eigenvalue weighted by Gasteiger charge is 2.20. The molecule has 1 aliphatic heterocycles. The van der Waals surface area contributed by atoms with Crippen LogP contribution < -0.4 is 10.5 Å². The van der Waals surface area contributed by atoms with Crippen LogP contribution in [0.1, 0.15) is 39.7 Å². The summed E-state index contributed by atoms with van der Waals surface area (Å²) < 4.78 is 2.75. The quantitative estimate of drug-likeness (QED) is 0.861. The van der Waals surface area contributed by atoms with Gasteiger partial charge in [0.2, 0.25) is 0 Å². The fourth-order valence-electron chi connectivity index (χ4n) is 2.71. The van der Waals surface area contributed by atoms with Gasteiger partial charge in [-0.3, -0.25) is 9.36 Å². The van der Waals surface area contributed by atoms with Gasteiger partial charge in [0.15, 0.2) is 15.5 Å².